The van der Waals surface area contributed by atoms with Crippen molar-refractivity contribution >= 4 is 11.7 Å². The van der Waals surface area contributed by atoms with Gasteiger partial charge in [0.2, 0.25) is 0 Å². The molecule has 0 aliphatic heterocycles. The van der Waals surface area contributed by atoms with Gasteiger partial charge in [-0.05, 0) is 15.9 Å². The molecule has 2 aromatic rings. The Kier molecular flexibility index (Phi) is 3.20. The fourth-order valence-corrected chi connectivity index (χ4v) is 1.31. The molecule has 0 radical (unpaired) electrons. The van der Waals surface area contributed by atoms with Gasteiger partial charge in [0, 0.05) is 6.54 Å². The van der Waals surface area contributed by atoms with Gasteiger partial charge in [0.1, 0.15) is 0 Å². The van der Waals surface area contributed by atoms with Gasteiger partial charge in [-0.2, -0.15) is 0 Å². The highest BCUT2D eigenvalue weighted by molar-refractivity contribution is 5.99. The summed E-state index contributed by atoms with van der Waals surface area (Å²) < 4.78 is 4.42. The largest absolute Gasteiger partial charge is 0.409 e. The molecular formula is C10H11N5O2. The van der Waals surface area contributed by atoms with E-state index in [1.807, 2.05) is 30.3 Å². The van der Waals surface area contributed by atoms with Crippen molar-refractivity contribution in [3.63, 3.8) is 0 Å². The van der Waals surface area contributed by atoms with Gasteiger partial charge in [0.05, 0.1) is 0 Å². The van der Waals surface area contributed by atoms with Crippen LogP contribution in [0.15, 0.2) is 40.1 Å². The van der Waals surface area contributed by atoms with Crippen molar-refractivity contribution in [2.24, 2.45) is 5.16 Å². The minimum absolute atomic E-state index is 0.0679. The van der Waals surface area contributed by atoms with Gasteiger partial charge in [0.15, 0.2) is 17.3 Å². The van der Waals surface area contributed by atoms with Crippen molar-refractivity contribution in [1.29, 1.82) is 0 Å². The van der Waals surface area contributed by atoms with Crippen molar-refractivity contribution in [2.45, 2.75) is 6.54 Å². The lowest BCUT2D eigenvalue weighted by atomic mass is 10.2. The van der Waals surface area contributed by atoms with E-state index in [-0.39, 0.29) is 17.3 Å². The van der Waals surface area contributed by atoms with Crippen LogP contribution in [0.2, 0.25) is 0 Å². The number of rotatable bonds is 3. The quantitative estimate of drug-likeness (QED) is 0.309. The lowest BCUT2D eigenvalue weighted by Gasteiger charge is -2.05. The Bertz CT molecular complexity index is 508. The maximum absolute atomic E-state index is 8.86. The van der Waals surface area contributed by atoms with E-state index in [1.54, 1.807) is 0 Å². The van der Waals surface area contributed by atoms with Gasteiger partial charge >= 0.3 is 0 Å². The number of nitrogens with one attached hydrogen (secondary N) is 1. The van der Waals surface area contributed by atoms with E-state index >= 15 is 0 Å². The monoisotopic (exact) mass is 233 g/mol. The molecule has 17 heavy (non-hydrogen) atoms. The smallest absolute Gasteiger partial charge is 0.199 e. The maximum Gasteiger partial charge on any atom is 0.199 e. The van der Waals surface area contributed by atoms with Crippen LogP contribution in [0.3, 0.4) is 0 Å². The number of anilines is 1. The molecule has 0 unspecified atom stereocenters. The van der Waals surface area contributed by atoms with Crippen LogP contribution in [0, 0.1) is 0 Å². The number of oxime groups is 1. The van der Waals surface area contributed by atoms with E-state index in [0.717, 1.165) is 5.56 Å². The first-order chi connectivity index (χ1) is 8.31. The third-order valence-corrected chi connectivity index (χ3v) is 2.14. The molecule has 0 aliphatic rings. The number of nitrogens with two attached hydrogens (primary N) is 1. The number of hydrogen-bond acceptors (Lipinski definition) is 6. The zero-order valence-electron chi connectivity index (χ0n) is 8.87. The standard InChI is InChI=1S/C10H11N5O2/c11-9-8(14-17-15-9)10(13-16)12-6-7-4-2-1-3-5-7/h1-5,16H,6H2,(H2,11,15)(H,12,13). The molecule has 0 bridgehead atoms. The summed E-state index contributed by atoms with van der Waals surface area (Å²) >= 11 is 0. The maximum atomic E-state index is 8.86. The summed E-state index contributed by atoms with van der Waals surface area (Å²) in [6, 6.07) is 9.63. The number of aromatic nitrogens is 2. The zero-order valence-corrected chi connectivity index (χ0v) is 8.87. The average molecular weight is 233 g/mol. The van der Waals surface area contributed by atoms with Crippen LogP contribution in [-0.2, 0) is 6.54 Å². The first-order valence-corrected chi connectivity index (χ1v) is 4.89. The topological polar surface area (TPSA) is 110 Å². The summed E-state index contributed by atoms with van der Waals surface area (Å²) in [4.78, 5) is 0. The second-order valence-electron chi connectivity index (χ2n) is 3.29. The summed E-state index contributed by atoms with van der Waals surface area (Å²) in [7, 11) is 0. The summed E-state index contributed by atoms with van der Waals surface area (Å²) in [5.41, 5.74) is 6.70. The summed E-state index contributed by atoms with van der Waals surface area (Å²) in [6.07, 6.45) is 0. The number of nitrogen functional groups attached to an aromatic ring is 1. The Morgan fingerprint density at radius 3 is 2.71 bits per heavy atom. The number of nitrogens with zero attached hydrogens (tertiary/aromatic N) is 3. The molecule has 7 heteroatoms. The molecule has 88 valence electrons. The fraction of sp³-hybridized carbons (Fsp3) is 0.100. The molecule has 0 fully saturated rings. The van der Waals surface area contributed by atoms with Crippen LogP contribution in [0.25, 0.3) is 0 Å². The normalized spacial score (nSPS) is 11.4. The molecule has 0 spiro atoms. The Labute approximate surface area is 96.9 Å². The lowest BCUT2D eigenvalue weighted by molar-refractivity contribution is 0.304. The third kappa shape index (κ3) is 2.51. The minimum atomic E-state index is 0.0679. The molecule has 0 atom stereocenters. The number of benzene rings is 1. The van der Waals surface area contributed by atoms with E-state index < -0.39 is 0 Å². The van der Waals surface area contributed by atoms with Gasteiger partial charge in [-0.15, -0.1) is 0 Å². The van der Waals surface area contributed by atoms with Crippen LogP contribution >= 0.6 is 0 Å². The van der Waals surface area contributed by atoms with Crippen molar-refractivity contribution in [3.8, 4) is 0 Å². The van der Waals surface area contributed by atoms with Gasteiger partial charge in [-0.1, -0.05) is 35.5 Å². The van der Waals surface area contributed by atoms with Crippen molar-refractivity contribution in [3.05, 3.63) is 41.6 Å². The molecule has 0 amide bonds. The average Bonchev–Trinajstić information content (AvgIpc) is 2.78. The van der Waals surface area contributed by atoms with Crippen molar-refractivity contribution < 1.29 is 9.84 Å². The van der Waals surface area contributed by atoms with E-state index in [0.29, 0.717) is 6.54 Å². The van der Waals surface area contributed by atoms with E-state index in [9.17, 15) is 0 Å². The molecular weight excluding hydrogens is 222 g/mol. The Balaban J connectivity index is 2.06. The van der Waals surface area contributed by atoms with Crippen molar-refractivity contribution in [1.82, 2.24) is 15.6 Å². The van der Waals surface area contributed by atoms with Crippen LogP contribution in [0.4, 0.5) is 5.82 Å². The second kappa shape index (κ2) is 4.97. The highest BCUT2D eigenvalue weighted by Gasteiger charge is 2.14. The highest BCUT2D eigenvalue weighted by atomic mass is 16.6. The molecule has 0 aliphatic carbocycles. The van der Waals surface area contributed by atoms with E-state index in [4.69, 9.17) is 10.9 Å². The molecule has 1 aromatic carbocycles. The highest BCUT2D eigenvalue weighted by Crippen LogP contribution is 2.05. The lowest BCUT2D eigenvalue weighted by Crippen LogP contribution is -2.25. The summed E-state index contributed by atoms with van der Waals surface area (Å²) in [5, 5.41) is 21.8. The van der Waals surface area contributed by atoms with Gasteiger partial charge in [-0.3, -0.25) is 0 Å². The first-order valence-electron chi connectivity index (χ1n) is 4.89. The predicted molar refractivity (Wildman–Crippen MR) is 60.3 cm³/mol. The number of amidine groups is 1. The van der Waals surface area contributed by atoms with Gasteiger partial charge in [0.25, 0.3) is 0 Å². The molecule has 7 nitrogen and oxygen atoms in total. The van der Waals surface area contributed by atoms with E-state index in [2.05, 4.69) is 25.4 Å². The minimum Gasteiger partial charge on any atom is -0.409 e. The second-order valence-corrected chi connectivity index (χ2v) is 3.29. The summed E-state index contributed by atoms with van der Waals surface area (Å²) in [6.45, 7) is 0.479. The number of hydrogen-bond donors (Lipinski definition) is 3. The fourth-order valence-electron chi connectivity index (χ4n) is 1.31. The molecule has 2 rings (SSSR count). The molecule has 4 N–H and O–H groups in total. The van der Waals surface area contributed by atoms with Crippen LogP contribution < -0.4 is 11.1 Å². The van der Waals surface area contributed by atoms with Crippen molar-refractivity contribution in [2.75, 3.05) is 5.73 Å². The Morgan fingerprint density at radius 2 is 2.12 bits per heavy atom. The van der Waals surface area contributed by atoms with Crippen LogP contribution in [0.1, 0.15) is 11.3 Å². The zero-order chi connectivity index (χ0) is 12.1. The van der Waals surface area contributed by atoms with Crippen LogP contribution in [-0.4, -0.2) is 21.4 Å². The first kappa shape index (κ1) is 10.9. The molecule has 0 saturated heterocycles. The van der Waals surface area contributed by atoms with Gasteiger partial charge in [-0.25, -0.2) is 4.63 Å². The van der Waals surface area contributed by atoms with Gasteiger partial charge < -0.3 is 16.3 Å². The van der Waals surface area contributed by atoms with E-state index in [1.165, 1.54) is 0 Å². The van der Waals surface area contributed by atoms with Crippen LogP contribution in [0.5, 0.6) is 0 Å². The molecule has 1 aromatic heterocycles. The third-order valence-electron chi connectivity index (χ3n) is 2.14. The Hall–Kier alpha value is -2.57. The molecule has 1 heterocycles. The SMILES string of the molecule is Nc1nonc1/C(=N/O)NCc1ccccc1. The Morgan fingerprint density at radius 1 is 1.35 bits per heavy atom. The summed E-state index contributed by atoms with van der Waals surface area (Å²) in [5.74, 6) is 0.186. The predicted octanol–water partition coefficient (Wildman–Crippen LogP) is 0.577. The molecule has 0 saturated carbocycles.